The van der Waals surface area contributed by atoms with Crippen LogP contribution in [0.25, 0.3) is 17.1 Å². The average Bonchev–Trinajstić information content (AvgIpc) is 3.37. The lowest BCUT2D eigenvalue weighted by Crippen LogP contribution is -2.14. The first-order valence-corrected chi connectivity index (χ1v) is 12.6. The fraction of sp³-hybridized carbons (Fsp3) is 0.320. The Morgan fingerprint density at radius 1 is 1.03 bits per heavy atom. The molecule has 0 fully saturated rings. The highest BCUT2D eigenvalue weighted by atomic mass is 32.2. The number of benzene rings is 2. The van der Waals surface area contributed by atoms with Crippen LogP contribution in [-0.4, -0.2) is 48.3 Å². The van der Waals surface area contributed by atoms with Crippen LogP contribution in [0.2, 0.25) is 0 Å². The molecule has 0 atom stereocenters. The number of anilines is 1. The summed E-state index contributed by atoms with van der Waals surface area (Å²) < 4.78 is 9.60. The minimum Gasteiger partial charge on any atom is -0.495 e. The molecule has 3 heterocycles. The number of aromatic nitrogens is 6. The number of hydrogen-bond donors (Lipinski definition) is 1. The first-order valence-electron chi connectivity index (χ1n) is 11.6. The van der Waals surface area contributed by atoms with Crippen LogP contribution in [0, 0.1) is 6.92 Å². The molecular formula is C25H27N7O2S. The van der Waals surface area contributed by atoms with Crippen LogP contribution >= 0.6 is 11.8 Å². The SMILES string of the molecule is COc1ccccc1-n1c(C)nnc1SCC(=O)Nc1ccc(-c2nnc3n2CCCCC3)cc1. The fourth-order valence-electron chi connectivity index (χ4n) is 4.26. The van der Waals surface area contributed by atoms with E-state index in [1.54, 1.807) is 7.11 Å². The minimum atomic E-state index is -0.119. The van der Waals surface area contributed by atoms with Crippen molar-refractivity contribution in [2.75, 3.05) is 18.2 Å². The van der Waals surface area contributed by atoms with Gasteiger partial charge in [-0.25, -0.2) is 0 Å². The highest BCUT2D eigenvalue weighted by Gasteiger charge is 2.18. The highest BCUT2D eigenvalue weighted by Crippen LogP contribution is 2.29. The van der Waals surface area contributed by atoms with Gasteiger partial charge in [0.25, 0.3) is 0 Å². The van der Waals surface area contributed by atoms with E-state index in [-0.39, 0.29) is 11.7 Å². The second kappa shape index (κ2) is 10.3. The number of carbonyl (C=O) groups excluding carboxylic acids is 1. The number of methoxy groups -OCH3 is 1. The number of carbonyl (C=O) groups is 1. The predicted molar refractivity (Wildman–Crippen MR) is 135 cm³/mol. The number of para-hydroxylation sites is 2. The maximum Gasteiger partial charge on any atom is 0.234 e. The molecule has 9 nitrogen and oxygen atoms in total. The largest absolute Gasteiger partial charge is 0.495 e. The van der Waals surface area contributed by atoms with E-state index in [0.29, 0.717) is 10.9 Å². The van der Waals surface area contributed by atoms with Crippen molar-refractivity contribution in [3.63, 3.8) is 0 Å². The monoisotopic (exact) mass is 489 g/mol. The summed E-state index contributed by atoms with van der Waals surface area (Å²) in [6.07, 6.45) is 4.51. The number of ether oxygens (including phenoxy) is 1. The maximum atomic E-state index is 12.7. The molecule has 2 aromatic heterocycles. The molecule has 0 spiro atoms. The van der Waals surface area contributed by atoms with Crippen LogP contribution in [0.5, 0.6) is 5.75 Å². The van der Waals surface area contributed by atoms with Crippen molar-refractivity contribution >= 4 is 23.4 Å². The Labute approximate surface area is 207 Å². The average molecular weight is 490 g/mol. The summed E-state index contributed by atoms with van der Waals surface area (Å²) in [5.74, 6) is 3.47. The van der Waals surface area contributed by atoms with E-state index in [1.807, 2.05) is 60.0 Å². The van der Waals surface area contributed by atoms with Crippen molar-refractivity contribution in [2.45, 2.75) is 44.3 Å². The number of fused-ring (bicyclic) bond motifs is 1. The van der Waals surface area contributed by atoms with Crippen LogP contribution in [0.1, 0.15) is 30.9 Å². The number of thioether (sulfide) groups is 1. The third-order valence-corrected chi connectivity index (χ3v) is 6.92. The number of nitrogens with zero attached hydrogens (tertiary/aromatic N) is 6. The smallest absolute Gasteiger partial charge is 0.234 e. The zero-order valence-electron chi connectivity index (χ0n) is 19.8. The fourth-order valence-corrected chi connectivity index (χ4v) is 5.05. The van der Waals surface area contributed by atoms with Crippen molar-refractivity contribution in [3.8, 4) is 22.8 Å². The first-order chi connectivity index (χ1) is 17.1. The van der Waals surface area contributed by atoms with Gasteiger partial charge in [0.05, 0.1) is 18.6 Å². The summed E-state index contributed by atoms with van der Waals surface area (Å²) in [6, 6.07) is 15.4. The molecule has 1 aliphatic heterocycles. The molecule has 180 valence electrons. The molecule has 1 aliphatic rings. The Balaban J connectivity index is 1.24. The van der Waals surface area contributed by atoms with Crippen molar-refractivity contribution in [3.05, 3.63) is 60.2 Å². The van der Waals surface area contributed by atoms with Gasteiger partial charge in [-0.15, -0.1) is 20.4 Å². The van der Waals surface area contributed by atoms with E-state index in [9.17, 15) is 4.79 Å². The van der Waals surface area contributed by atoms with E-state index in [2.05, 4.69) is 30.3 Å². The quantitative estimate of drug-likeness (QED) is 0.386. The number of aryl methyl sites for hydroxylation is 2. The lowest BCUT2D eigenvalue weighted by Gasteiger charge is -2.12. The predicted octanol–water partition coefficient (Wildman–Crippen LogP) is 4.30. The van der Waals surface area contributed by atoms with Crippen LogP contribution < -0.4 is 10.1 Å². The Morgan fingerprint density at radius 2 is 1.86 bits per heavy atom. The van der Waals surface area contributed by atoms with Gasteiger partial charge in [0.1, 0.15) is 17.4 Å². The zero-order valence-corrected chi connectivity index (χ0v) is 20.6. The van der Waals surface area contributed by atoms with Gasteiger partial charge in [0.2, 0.25) is 5.91 Å². The van der Waals surface area contributed by atoms with Crippen LogP contribution in [-0.2, 0) is 17.8 Å². The number of rotatable bonds is 7. The van der Waals surface area contributed by atoms with Gasteiger partial charge in [0, 0.05) is 24.2 Å². The van der Waals surface area contributed by atoms with Crippen molar-refractivity contribution < 1.29 is 9.53 Å². The van der Waals surface area contributed by atoms with Crippen molar-refractivity contribution in [2.24, 2.45) is 0 Å². The molecule has 0 unspecified atom stereocenters. The molecular weight excluding hydrogens is 462 g/mol. The van der Waals surface area contributed by atoms with E-state index in [1.165, 1.54) is 18.2 Å². The Kier molecular flexibility index (Phi) is 6.80. The molecule has 2 aromatic carbocycles. The van der Waals surface area contributed by atoms with Crippen LogP contribution in [0.15, 0.2) is 53.7 Å². The Bertz CT molecular complexity index is 1330. The van der Waals surface area contributed by atoms with Gasteiger partial charge in [0.15, 0.2) is 11.0 Å². The van der Waals surface area contributed by atoms with E-state index in [4.69, 9.17) is 4.74 Å². The molecule has 4 aromatic rings. The Morgan fingerprint density at radius 3 is 2.69 bits per heavy atom. The lowest BCUT2D eigenvalue weighted by molar-refractivity contribution is -0.113. The van der Waals surface area contributed by atoms with E-state index < -0.39 is 0 Å². The molecule has 0 saturated carbocycles. The second-order valence-corrected chi connectivity index (χ2v) is 9.30. The number of amides is 1. The molecule has 1 N–H and O–H groups in total. The number of nitrogens with one attached hydrogen (secondary N) is 1. The summed E-state index contributed by atoms with van der Waals surface area (Å²) in [5.41, 5.74) is 2.57. The molecule has 35 heavy (non-hydrogen) atoms. The van der Waals surface area contributed by atoms with Gasteiger partial charge in [-0.1, -0.05) is 30.3 Å². The normalized spacial score (nSPS) is 13.2. The molecule has 0 bridgehead atoms. The first kappa shape index (κ1) is 23.1. The van der Waals surface area contributed by atoms with Gasteiger partial charge in [-0.05, 0) is 56.2 Å². The summed E-state index contributed by atoms with van der Waals surface area (Å²) >= 11 is 1.33. The van der Waals surface area contributed by atoms with Gasteiger partial charge < -0.3 is 14.6 Å². The molecule has 1 amide bonds. The summed E-state index contributed by atoms with van der Waals surface area (Å²) in [5, 5.41) is 20.8. The van der Waals surface area contributed by atoms with Gasteiger partial charge in [-0.2, -0.15) is 0 Å². The van der Waals surface area contributed by atoms with Crippen LogP contribution in [0.3, 0.4) is 0 Å². The summed E-state index contributed by atoms with van der Waals surface area (Å²) in [6.45, 7) is 2.83. The molecule has 0 aliphatic carbocycles. The molecule has 10 heteroatoms. The highest BCUT2D eigenvalue weighted by molar-refractivity contribution is 7.99. The summed E-state index contributed by atoms with van der Waals surface area (Å²) in [7, 11) is 1.63. The van der Waals surface area contributed by atoms with Crippen molar-refractivity contribution in [1.29, 1.82) is 0 Å². The third kappa shape index (κ3) is 4.93. The topological polar surface area (TPSA) is 99.8 Å². The van der Waals surface area contributed by atoms with Gasteiger partial charge in [-0.3, -0.25) is 9.36 Å². The van der Waals surface area contributed by atoms with Crippen LogP contribution in [0.4, 0.5) is 5.69 Å². The molecule has 0 radical (unpaired) electrons. The van der Waals surface area contributed by atoms with Crippen molar-refractivity contribution in [1.82, 2.24) is 29.5 Å². The van der Waals surface area contributed by atoms with E-state index >= 15 is 0 Å². The Hall–Kier alpha value is -3.66. The second-order valence-electron chi connectivity index (χ2n) is 8.35. The molecule has 5 rings (SSSR count). The number of hydrogen-bond acceptors (Lipinski definition) is 7. The lowest BCUT2D eigenvalue weighted by atomic mass is 10.2. The minimum absolute atomic E-state index is 0.119. The van der Waals surface area contributed by atoms with Gasteiger partial charge >= 0.3 is 0 Å². The standard InChI is InChI=1S/C25H27N7O2S/c1-17-27-30-25(32(17)20-8-5-6-9-21(20)34-2)35-16-23(33)26-19-13-11-18(12-14-19)24-29-28-22-10-4-3-7-15-31(22)24/h5-6,8-9,11-14H,3-4,7,10,15-16H2,1-2H3,(H,26,33). The zero-order chi connectivity index (χ0) is 24.2. The van der Waals surface area contributed by atoms with E-state index in [0.717, 1.165) is 60.2 Å². The summed E-state index contributed by atoms with van der Waals surface area (Å²) in [4.78, 5) is 12.7. The third-order valence-electron chi connectivity index (χ3n) is 5.99. The molecule has 0 saturated heterocycles. The maximum absolute atomic E-state index is 12.7.